The van der Waals surface area contributed by atoms with Crippen LogP contribution in [-0.4, -0.2) is 25.3 Å². The second kappa shape index (κ2) is 6.74. The molecule has 0 aliphatic rings. The average Bonchev–Trinajstić information content (AvgIpc) is 2.92. The lowest BCUT2D eigenvalue weighted by molar-refractivity contribution is 0.113. The van der Waals surface area contributed by atoms with Crippen molar-refractivity contribution < 1.29 is 4.74 Å². The summed E-state index contributed by atoms with van der Waals surface area (Å²) in [5.41, 5.74) is 1.07. The van der Waals surface area contributed by atoms with Gasteiger partial charge in [0.1, 0.15) is 0 Å². The molecular weight excluding hydrogens is 376 g/mol. The van der Waals surface area contributed by atoms with Crippen molar-refractivity contribution in [3.8, 4) is 0 Å². The van der Waals surface area contributed by atoms with Crippen LogP contribution in [0, 0.1) is 0 Å². The molecule has 0 radical (unpaired) electrons. The number of hydrogen-bond acceptors (Lipinski definition) is 4. The fourth-order valence-corrected chi connectivity index (χ4v) is 3.07. The van der Waals surface area contributed by atoms with Crippen LogP contribution in [-0.2, 0) is 32.0 Å². The first-order valence-corrected chi connectivity index (χ1v) is 8.23. The van der Waals surface area contributed by atoms with Crippen LogP contribution < -0.4 is 11.2 Å². The van der Waals surface area contributed by atoms with Crippen molar-refractivity contribution in [3.05, 3.63) is 61.5 Å². The van der Waals surface area contributed by atoms with Gasteiger partial charge in [-0.3, -0.25) is 13.9 Å². The highest BCUT2D eigenvalue weighted by molar-refractivity contribution is 9.10. The van der Waals surface area contributed by atoms with Gasteiger partial charge in [0.05, 0.1) is 13.2 Å². The molecule has 24 heavy (non-hydrogen) atoms. The first-order chi connectivity index (χ1) is 11.5. The number of aryl methyl sites for hydroxylation is 1. The van der Waals surface area contributed by atoms with Gasteiger partial charge in [-0.1, -0.05) is 30.3 Å². The fourth-order valence-electron chi connectivity index (χ4n) is 2.54. The lowest BCUT2D eigenvalue weighted by atomic mass is 10.2. The van der Waals surface area contributed by atoms with Crippen LogP contribution in [0.5, 0.6) is 0 Å². The zero-order chi connectivity index (χ0) is 17.3. The van der Waals surface area contributed by atoms with Gasteiger partial charge < -0.3 is 9.30 Å². The van der Waals surface area contributed by atoms with E-state index in [4.69, 9.17) is 4.74 Å². The number of halogens is 1. The molecule has 0 saturated heterocycles. The van der Waals surface area contributed by atoms with E-state index in [-0.39, 0.29) is 5.56 Å². The summed E-state index contributed by atoms with van der Waals surface area (Å²) in [4.78, 5) is 28.7. The highest BCUT2D eigenvalue weighted by atomic mass is 79.9. The normalized spacial score (nSPS) is 11.3. The molecule has 0 unspecified atom stereocenters. The third kappa shape index (κ3) is 2.94. The van der Waals surface area contributed by atoms with Crippen molar-refractivity contribution in [2.24, 2.45) is 14.1 Å². The topological polar surface area (TPSA) is 71.0 Å². The second-order valence-electron chi connectivity index (χ2n) is 5.45. The Hall–Kier alpha value is -2.19. The lowest BCUT2D eigenvalue weighted by Gasteiger charge is -2.08. The summed E-state index contributed by atoms with van der Waals surface area (Å²) < 4.78 is 10.3. The molecule has 3 aromatic rings. The Morgan fingerprint density at radius 3 is 2.54 bits per heavy atom. The van der Waals surface area contributed by atoms with Gasteiger partial charge in [-0.25, -0.2) is 9.78 Å². The lowest BCUT2D eigenvalue weighted by Crippen LogP contribution is -2.37. The van der Waals surface area contributed by atoms with Crippen LogP contribution in [0.2, 0.25) is 0 Å². The average molecular weight is 393 g/mol. The predicted octanol–water partition coefficient (Wildman–Crippen LogP) is 1.41. The summed E-state index contributed by atoms with van der Waals surface area (Å²) in [6, 6.07) is 9.87. The van der Waals surface area contributed by atoms with Gasteiger partial charge in [0.25, 0.3) is 5.56 Å². The van der Waals surface area contributed by atoms with Crippen LogP contribution in [0.1, 0.15) is 5.56 Å². The third-order valence-electron chi connectivity index (χ3n) is 3.87. The molecule has 0 aliphatic heterocycles. The van der Waals surface area contributed by atoms with Gasteiger partial charge in [-0.05, 0) is 21.5 Å². The number of benzene rings is 1. The number of fused-ring (bicyclic) bond motifs is 1. The van der Waals surface area contributed by atoms with E-state index in [1.54, 1.807) is 11.6 Å². The van der Waals surface area contributed by atoms with E-state index >= 15 is 0 Å². The van der Waals surface area contributed by atoms with Gasteiger partial charge in [0.15, 0.2) is 15.9 Å². The monoisotopic (exact) mass is 392 g/mol. The number of ether oxygens (including phenoxy) is 1. The minimum atomic E-state index is -0.398. The molecule has 2 heterocycles. The first kappa shape index (κ1) is 16.7. The third-order valence-corrected chi connectivity index (χ3v) is 4.48. The van der Waals surface area contributed by atoms with Crippen molar-refractivity contribution in [2.75, 3.05) is 6.61 Å². The van der Waals surface area contributed by atoms with E-state index < -0.39 is 5.69 Å². The van der Waals surface area contributed by atoms with E-state index in [0.29, 0.717) is 35.7 Å². The van der Waals surface area contributed by atoms with Crippen LogP contribution in [0.4, 0.5) is 0 Å². The SMILES string of the molecule is Cn1c(=O)c2c(nc(Br)n2CCOCc2ccccc2)n(C)c1=O. The first-order valence-electron chi connectivity index (χ1n) is 7.44. The molecule has 0 aliphatic carbocycles. The highest BCUT2D eigenvalue weighted by Gasteiger charge is 2.17. The quantitative estimate of drug-likeness (QED) is 0.486. The molecule has 7 nitrogen and oxygen atoms in total. The van der Waals surface area contributed by atoms with Gasteiger partial charge in [-0.2, -0.15) is 0 Å². The molecule has 0 saturated carbocycles. The molecular formula is C16H17BrN4O3. The van der Waals surface area contributed by atoms with E-state index in [9.17, 15) is 9.59 Å². The molecule has 3 rings (SSSR count). The standard InChI is InChI=1S/C16H17BrN4O3/c1-19-13-12(14(22)20(2)16(19)23)21(15(17)18-13)8-9-24-10-11-6-4-3-5-7-11/h3-7H,8-10H2,1-2H3. The Morgan fingerprint density at radius 2 is 1.83 bits per heavy atom. The maximum absolute atomic E-state index is 12.4. The summed E-state index contributed by atoms with van der Waals surface area (Å²) in [7, 11) is 3.06. The number of aromatic nitrogens is 4. The molecule has 0 bridgehead atoms. The molecule has 8 heteroatoms. The van der Waals surface area contributed by atoms with Gasteiger partial charge in [0, 0.05) is 20.6 Å². The van der Waals surface area contributed by atoms with E-state index in [0.717, 1.165) is 10.1 Å². The zero-order valence-electron chi connectivity index (χ0n) is 13.4. The summed E-state index contributed by atoms with van der Waals surface area (Å²) in [5.74, 6) is 0. The maximum Gasteiger partial charge on any atom is 0.332 e. The van der Waals surface area contributed by atoms with E-state index in [2.05, 4.69) is 20.9 Å². The minimum absolute atomic E-state index is 0.359. The number of rotatable bonds is 5. The van der Waals surface area contributed by atoms with Crippen LogP contribution >= 0.6 is 15.9 Å². The molecule has 2 aromatic heterocycles. The van der Waals surface area contributed by atoms with Gasteiger partial charge in [0.2, 0.25) is 0 Å². The van der Waals surface area contributed by atoms with Crippen LogP contribution in [0.15, 0.2) is 44.7 Å². The minimum Gasteiger partial charge on any atom is -0.375 e. The van der Waals surface area contributed by atoms with Crippen molar-refractivity contribution >= 4 is 27.1 Å². The summed E-state index contributed by atoms with van der Waals surface area (Å²) in [6.07, 6.45) is 0. The number of hydrogen-bond donors (Lipinski definition) is 0. The molecule has 126 valence electrons. The molecule has 0 N–H and O–H groups in total. The number of imidazole rings is 1. The van der Waals surface area contributed by atoms with E-state index in [1.807, 2.05) is 30.3 Å². The maximum atomic E-state index is 12.4. The molecule has 0 spiro atoms. The predicted molar refractivity (Wildman–Crippen MR) is 94.0 cm³/mol. The second-order valence-corrected chi connectivity index (χ2v) is 6.16. The zero-order valence-corrected chi connectivity index (χ0v) is 15.0. The van der Waals surface area contributed by atoms with Gasteiger partial charge in [-0.15, -0.1) is 0 Å². The van der Waals surface area contributed by atoms with Crippen LogP contribution in [0.3, 0.4) is 0 Å². The smallest absolute Gasteiger partial charge is 0.332 e. The van der Waals surface area contributed by atoms with Crippen LogP contribution in [0.25, 0.3) is 11.2 Å². The van der Waals surface area contributed by atoms with Crippen molar-refractivity contribution in [1.29, 1.82) is 0 Å². The van der Waals surface area contributed by atoms with Crippen molar-refractivity contribution in [3.63, 3.8) is 0 Å². The Morgan fingerprint density at radius 1 is 1.12 bits per heavy atom. The highest BCUT2D eigenvalue weighted by Crippen LogP contribution is 2.16. The molecule has 0 atom stereocenters. The van der Waals surface area contributed by atoms with Crippen molar-refractivity contribution in [2.45, 2.75) is 13.2 Å². The Kier molecular flexibility index (Phi) is 4.68. The van der Waals surface area contributed by atoms with Gasteiger partial charge >= 0.3 is 5.69 Å². The molecule has 0 amide bonds. The molecule has 1 aromatic carbocycles. The van der Waals surface area contributed by atoms with E-state index in [1.165, 1.54) is 11.6 Å². The summed E-state index contributed by atoms with van der Waals surface area (Å²) >= 11 is 3.36. The Labute approximate surface area is 146 Å². The Balaban J connectivity index is 1.84. The molecule has 0 fully saturated rings. The Bertz CT molecular complexity index is 988. The summed E-state index contributed by atoms with van der Waals surface area (Å²) in [5, 5.41) is 0. The fraction of sp³-hybridized carbons (Fsp3) is 0.312. The summed E-state index contributed by atoms with van der Waals surface area (Å²) in [6.45, 7) is 1.38. The number of nitrogens with zero attached hydrogens (tertiary/aromatic N) is 4. The van der Waals surface area contributed by atoms with Crippen molar-refractivity contribution in [1.82, 2.24) is 18.7 Å². The largest absolute Gasteiger partial charge is 0.375 e.